The summed E-state index contributed by atoms with van der Waals surface area (Å²) in [4.78, 5) is 29.9. The summed E-state index contributed by atoms with van der Waals surface area (Å²) in [5, 5.41) is 4.06. The number of benzene rings is 2. The molecule has 0 spiro atoms. The highest BCUT2D eigenvalue weighted by Crippen LogP contribution is 2.39. The van der Waals surface area contributed by atoms with Crippen molar-refractivity contribution >= 4 is 40.8 Å². The summed E-state index contributed by atoms with van der Waals surface area (Å²) in [5.41, 5.74) is -0.565. The Labute approximate surface area is 167 Å². The molecule has 1 heterocycles. The number of hydrogen-bond acceptors (Lipinski definition) is 4. The number of anilines is 1. The van der Waals surface area contributed by atoms with Gasteiger partial charge in [0.05, 0.1) is 22.3 Å². The van der Waals surface area contributed by atoms with Gasteiger partial charge < -0.3 is 10.2 Å². The first-order valence-corrected chi connectivity index (χ1v) is 8.71. The molecule has 2 atom stereocenters. The smallest absolute Gasteiger partial charge is 0.367 e. The molecule has 0 saturated carbocycles. The highest BCUT2D eigenvalue weighted by Gasteiger charge is 2.48. The number of nitrogens with one attached hydrogen (secondary N) is 1. The average Bonchev–Trinajstić information content (AvgIpc) is 2.91. The molecular formula is C18H13Cl2F3N2O3. The number of alkyl halides is 3. The van der Waals surface area contributed by atoms with Crippen molar-refractivity contribution in [2.24, 2.45) is 5.92 Å². The fraction of sp³-hybridized carbons (Fsp3) is 0.222. The van der Waals surface area contributed by atoms with Crippen LogP contribution in [0.15, 0.2) is 42.5 Å². The van der Waals surface area contributed by atoms with Crippen molar-refractivity contribution in [1.82, 2.24) is 5.06 Å². The Bertz CT molecular complexity index is 937. The number of carbonyl (C=O) groups excluding carboxylic acids is 2. The Morgan fingerprint density at radius 1 is 1.18 bits per heavy atom. The molecule has 1 aliphatic rings. The zero-order chi connectivity index (χ0) is 20.6. The Morgan fingerprint density at radius 3 is 2.54 bits per heavy atom. The monoisotopic (exact) mass is 432 g/mol. The normalized spacial score (nSPS) is 20.1. The van der Waals surface area contributed by atoms with Crippen molar-refractivity contribution in [3.8, 4) is 0 Å². The van der Waals surface area contributed by atoms with Gasteiger partial charge in [-0.15, -0.1) is 5.06 Å². The van der Waals surface area contributed by atoms with Gasteiger partial charge in [0.15, 0.2) is 5.92 Å². The third kappa shape index (κ3) is 4.09. The van der Waals surface area contributed by atoms with Gasteiger partial charge in [-0.1, -0.05) is 35.3 Å². The van der Waals surface area contributed by atoms with Crippen molar-refractivity contribution < 1.29 is 27.6 Å². The molecule has 2 aromatic rings. The van der Waals surface area contributed by atoms with E-state index >= 15 is 0 Å². The van der Waals surface area contributed by atoms with Crippen molar-refractivity contribution in [1.29, 1.82) is 0 Å². The van der Waals surface area contributed by atoms with Crippen LogP contribution in [-0.4, -0.2) is 24.0 Å². The molecule has 1 aliphatic heterocycles. The number of hydrogen-bond donors (Lipinski definition) is 1. The Morgan fingerprint density at radius 2 is 1.89 bits per heavy atom. The number of carbonyl (C=O) groups is 2. The lowest BCUT2D eigenvalue weighted by atomic mass is 9.92. The summed E-state index contributed by atoms with van der Waals surface area (Å²) in [5.74, 6) is -3.03. The molecule has 0 bridgehead atoms. The summed E-state index contributed by atoms with van der Waals surface area (Å²) in [6, 6.07) is 7.71. The van der Waals surface area contributed by atoms with Gasteiger partial charge in [-0.2, -0.15) is 13.2 Å². The molecule has 0 aromatic heterocycles. The third-order valence-electron chi connectivity index (χ3n) is 4.22. The van der Waals surface area contributed by atoms with E-state index in [2.05, 4.69) is 5.32 Å². The van der Waals surface area contributed by atoms with Crippen LogP contribution in [0.1, 0.15) is 17.2 Å². The molecular weight excluding hydrogens is 420 g/mol. The zero-order valence-electron chi connectivity index (χ0n) is 14.3. The van der Waals surface area contributed by atoms with E-state index in [4.69, 9.17) is 28.0 Å². The number of rotatable bonds is 3. The Hall–Kier alpha value is -2.29. The first kappa shape index (κ1) is 20.4. The topological polar surface area (TPSA) is 58.6 Å². The van der Waals surface area contributed by atoms with E-state index in [1.165, 1.54) is 37.4 Å². The second kappa shape index (κ2) is 7.62. The van der Waals surface area contributed by atoms with E-state index in [-0.39, 0.29) is 16.3 Å². The predicted molar refractivity (Wildman–Crippen MR) is 96.6 cm³/mol. The van der Waals surface area contributed by atoms with E-state index in [1.807, 2.05) is 0 Å². The molecule has 3 rings (SSSR count). The number of halogens is 5. The van der Waals surface area contributed by atoms with Crippen LogP contribution in [0.3, 0.4) is 0 Å². The van der Waals surface area contributed by atoms with Crippen LogP contribution < -0.4 is 5.32 Å². The molecule has 0 radical (unpaired) electrons. The van der Waals surface area contributed by atoms with Gasteiger partial charge in [0.25, 0.3) is 0 Å². The summed E-state index contributed by atoms with van der Waals surface area (Å²) in [7, 11) is 1.37. The second-order valence-electron chi connectivity index (χ2n) is 6.12. The van der Waals surface area contributed by atoms with Gasteiger partial charge in [0.1, 0.15) is 0 Å². The van der Waals surface area contributed by atoms with Crippen LogP contribution >= 0.6 is 23.2 Å². The van der Waals surface area contributed by atoms with E-state index in [9.17, 15) is 22.8 Å². The maximum absolute atomic E-state index is 13.0. The van der Waals surface area contributed by atoms with Crippen LogP contribution in [0, 0.1) is 5.92 Å². The zero-order valence-corrected chi connectivity index (χ0v) is 15.8. The molecule has 5 nitrogen and oxygen atoms in total. The summed E-state index contributed by atoms with van der Waals surface area (Å²) in [6.45, 7) is 0. The lowest BCUT2D eigenvalue weighted by Crippen LogP contribution is -2.32. The minimum Gasteiger partial charge on any atom is -0.367 e. The summed E-state index contributed by atoms with van der Waals surface area (Å²) in [6.07, 6.45) is -4.56. The highest BCUT2D eigenvalue weighted by molar-refractivity contribution is 6.36. The van der Waals surface area contributed by atoms with Gasteiger partial charge >= 0.3 is 12.1 Å². The van der Waals surface area contributed by atoms with Crippen LogP contribution in [0.5, 0.6) is 0 Å². The first-order valence-electron chi connectivity index (χ1n) is 7.95. The number of amides is 1. The fourth-order valence-electron chi connectivity index (χ4n) is 2.95. The predicted octanol–water partition coefficient (Wildman–Crippen LogP) is 4.71. The molecule has 0 aliphatic carbocycles. The fourth-order valence-corrected chi connectivity index (χ4v) is 3.40. The van der Waals surface area contributed by atoms with Crippen molar-refractivity contribution in [3.05, 3.63) is 63.6 Å². The standard InChI is InChI=1S/C18H13Cl2F3N2O3/c1-25-15(9-3-2-4-10(7-9)18(21,22)23)14(17(27)28-25)16(26)24-13-6-5-11(19)8-12(13)20/h2-8,14-15H,1H3,(H,24,26)/t14-,15+/m0/s1. The van der Waals surface area contributed by atoms with Crippen molar-refractivity contribution in [2.45, 2.75) is 12.2 Å². The molecule has 148 valence electrons. The minimum atomic E-state index is -4.56. The van der Waals surface area contributed by atoms with Crippen LogP contribution in [0.2, 0.25) is 10.0 Å². The molecule has 28 heavy (non-hydrogen) atoms. The van der Waals surface area contributed by atoms with E-state index in [0.29, 0.717) is 5.02 Å². The largest absolute Gasteiger partial charge is 0.416 e. The van der Waals surface area contributed by atoms with Gasteiger partial charge in [-0.3, -0.25) is 4.79 Å². The molecule has 1 N–H and O–H groups in total. The lowest BCUT2D eigenvalue weighted by molar-refractivity contribution is -0.169. The quantitative estimate of drug-likeness (QED) is 0.713. The van der Waals surface area contributed by atoms with E-state index in [1.54, 1.807) is 0 Å². The van der Waals surface area contributed by atoms with E-state index in [0.717, 1.165) is 17.2 Å². The number of hydroxylamine groups is 2. The molecule has 1 amide bonds. The van der Waals surface area contributed by atoms with Crippen molar-refractivity contribution in [3.63, 3.8) is 0 Å². The molecule has 1 fully saturated rings. The van der Waals surface area contributed by atoms with Crippen LogP contribution in [0.4, 0.5) is 18.9 Å². The number of nitrogens with zero attached hydrogens (tertiary/aromatic N) is 1. The average molecular weight is 433 g/mol. The van der Waals surface area contributed by atoms with Gasteiger partial charge in [0, 0.05) is 12.1 Å². The van der Waals surface area contributed by atoms with Gasteiger partial charge in [-0.05, 0) is 35.9 Å². The Balaban J connectivity index is 1.92. The second-order valence-corrected chi connectivity index (χ2v) is 6.96. The maximum Gasteiger partial charge on any atom is 0.416 e. The summed E-state index contributed by atoms with van der Waals surface area (Å²) < 4.78 is 39.1. The molecule has 1 saturated heterocycles. The first-order chi connectivity index (χ1) is 13.1. The Kier molecular flexibility index (Phi) is 5.56. The molecule has 10 heteroatoms. The maximum atomic E-state index is 13.0. The van der Waals surface area contributed by atoms with Gasteiger partial charge in [0.2, 0.25) is 5.91 Å². The highest BCUT2D eigenvalue weighted by atomic mass is 35.5. The van der Waals surface area contributed by atoms with E-state index < -0.39 is 35.6 Å². The van der Waals surface area contributed by atoms with Crippen molar-refractivity contribution in [2.75, 3.05) is 12.4 Å². The van der Waals surface area contributed by atoms with Gasteiger partial charge in [-0.25, -0.2) is 4.79 Å². The van der Waals surface area contributed by atoms with Crippen LogP contribution in [0.25, 0.3) is 0 Å². The minimum absolute atomic E-state index is 0.116. The third-order valence-corrected chi connectivity index (χ3v) is 4.77. The van der Waals surface area contributed by atoms with Crippen LogP contribution in [-0.2, 0) is 20.6 Å². The lowest BCUT2D eigenvalue weighted by Gasteiger charge is -2.21. The SMILES string of the molecule is CN1OC(=O)[C@H](C(=O)Nc2ccc(Cl)cc2Cl)[C@H]1c1cccc(C(F)(F)F)c1. The molecule has 0 unspecified atom stereocenters. The summed E-state index contributed by atoms with van der Waals surface area (Å²) >= 11 is 11.8. The molecule has 2 aromatic carbocycles.